The number of anilines is 1. The summed E-state index contributed by atoms with van der Waals surface area (Å²) in [6.45, 7) is 3.43. The van der Waals surface area contributed by atoms with Gasteiger partial charge in [0.15, 0.2) is 0 Å². The molecule has 3 rings (SSSR count). The van der Waals surface area contributed by atoms with Crippen LogP contribution in [0.15, 0.2) is 53.6 Å². The zero-order valence-electron chi connectivity index (χ0n) is 15.2. The molecule has 0 saturated carbocycles. The molecule has 0 aliphatic carbocycles. The number of nitrogens with zero attached hydrogens (tertiary/aromatic N) is 2. The maximum atomic E-state index is 12.4. The Bertz CT molecular complexity index is 1050. The maximum absolute atomic E-state index is 12.4. The number of benzene rings is 2. The Morgan fingerprint density at radius 2 is 1.70 bits per heavy atom. The van der Waals surface area contributed by atoms with E-state index < -0.39 is 5.91 Å². The highest BCUT2D eigenvalue weighted by Gasteiger charge is 2.11. The van der Waals surface area contributed by atoms with Gasteiger partial charge >= 0.3 is 0 Å². The second-order valence-electron chi connectivity index (χ2n) is 6.29. The van der Waals surface area contributed by atoms with E-state index >= 15 is 0 Å². The van der Waals surface area contributed by atoms with E-state index in [1.165, 1.54) is 10.9 Å². The van der Waals surface area contributed by atoms with Crippen LogP contribution >= 0.6 is 0 Å². The molecule has 0 spiro atoms. The van der Waals surface area contributed by atoms with Crippen molar-refractivity contribution in [2.24, 2.45) is 0 Å². The van der Waals surface area contributed by atoms with Crippen molar-refractivity contribution in [3.05, 3.63) is 70.3 Å². The topological polar surface area (TPSA) is 93.1 Å². The molecule has 2 aromatic carbocycles. The number of carbonyl (C=O) groups is 2. The summed E-state index contributed by atoms with van der Waals surface area (Å²) >= 11 is 0. The second kappa shape index (κ2) is 7.82. The van der Waals surface area contributed by atoms with Crippen LogP contribution in [-0.2, 0) is 16.1 Å². The lowest BCUT2D eigenvalue weighted by atomic mass is 10.1. The highest BCUT2D eigenvalue weighted by Crippen LogP contribution is 2.18. The Hall–Kier alpha value is -3.48. The van der Waals surface area contributed by atoms with E-state index in [1.807, 2.05) is 32.0 Å². The molecule has 2 amide bonds. The standard InChI is InChI=1S/C20H20N4O3/c1-13-6-5-7-14(2)19(13)23-17(25)10-21-18(26)11-24-12-22-16-9-4-3-8-15(16)20(24)27/h3-9,12H,10-11H2,1-2H3,(H,21,26)(H,23,25). The van der Waals surface area contributed by atoms with Gasteiger partial charge < -0.3 is 10.6 Å². The number of hydrogen-bond acceptors (Lipinski definition) is 4. The number of carbonyl (C=O) groups excluding carboxylic acids is 2. The smallest absolute Gasteiger partial charge is 0.261 e. The van der Waals surface area contributed by atoms with Crippen molar-refractivity contribution in [3.8, 4) is 0 Å². The van der Waals surface area contributed by atoms with Crippen LogP contribution in [0.4, 0.5) is 5.69 Å². The zero-order valence-corrected chi connectivity index (χ0v) is 15.2. The SMILES string of the molecule is Cc1cccc(C)c1NC(=O)CNC(=O)Cn1cnc2ccccc2c1=O. The van der Waals surface area contributed by atoms with Gasteiger partial charge in [0.05, 0.1) is 23.8 Å². The lowest BCUT2D eigenvalue weighted by Gasteiger charge is -2.12. The molecule has 1 heterocycles. The van der Waals surface area contributed by atoms with Crippen LogP contribution in [0.3, 0.4) is 0 Å². The average Bonchev–Trinajstić information content (AvgIpc) is 2.66. The zero-order chi connectivity index (χ0) is 19.4. The van der Waals surface area contributed by atoms with Crippen LogP contribution in [0.5, 0.6) is 0 Å². The van der Waals surface area contributed by atoms with Gasteiger partial charge in [-0.2, -0.15) is 0 Å². The molecule has 0 bridgehead atoms. The van der Waals surface area contributed by atoms with E-state index in [-0.39, 0.29) is 24.6 Å². The van der Waals surface area contributed by atoms with Crippen LogP contribution in [0.25, 0.3) is 10.9 Å². The fraction of sp³-hybridized carbons (Fsp3) is 0.200. The molecule has 0 radical (unpaired) electrons. The van der Waals surface area contributed by atoms with E-state index in [9.17, 15) is 14.4 Å². The maximum Gasteiger partial charge on any atom is 0.261 e. The highest BCUT2D eigenvalue weighted by molar-refractivity contribution is 5.95. The van der Waals surface area contributed by atoms with E-state index in [0.29, 0.717) is 10.9 Å². The molecule has 27 heavy (non-hydrogen) atoms. The van der Waals surface area contributed by atoms with Crippen molar-refractivity contribution >= 4 is 28.4 Å². The first kappa shape index (κ1) is 18.3. The number of rotatable bonds is 5. The summed E-state index contributed by atoms with van der Waals surface area (Å²) in [6.07, 6.45) is 1.33. The Morgan fingerprint density at radius 3 is 2.44 bits per heavy atom. The highest BCUT2D eigenvalue weighted by atomic mass is 16.2. The minimum atomic E-state index is -0.439. The summed E-state index contributed by atoms with van der Waals surface area (Å²) < 4.78 is 1.22. The molecule has 7 heteroatoms. The molecule has 138 valence electrons. The number of amides is 2. The quantitative estimate of drug-likeness (QED) is 0.722. The Balaban J connectivity index is 1.61. The predicted molar refractivity (Wildman–Crippen MR) is 104 cm³/mol. The lowest BCUT2D eigenvalue weighted by molar-refractivity contribution is -0.124. The van der Waals surface area contributed by atoms with E-state index in [1.54, 1.807) is 24.3 Å². The van der Waals surface area contributed by atoms with Gasteiger partial charge in [0.25, 0.3) is 5.56 Å². The van der Waals surface area contributed by atoms with Gasteiger partial charge in [-0.05, 0) is 37.1 Å². The lowest BCUT2D eigenvalue weighted by Crippen LogP contribution is -2.37. The van der Waals surface area contributed by atoms with E-state index in [0.717, 1.165) is 16.8 Å². The molecule has 2 N–H and O–H groups in total. The van der Waals surface area contributed by atoms with Gasteiger partial charge in [0, 0.05) is 5.69 Å². The number of aromatic nitrogens is 2. The average molecular weight is 364 g/mol. The summed E-state index contributed by atoms with van der Waals surface area (Å²) in [4.78, 5) is 40.8. The normalized spacial score (nSPS) is 10.6. The molecule has 7 nitrogen and oxygen atoms in total. The first-order valence-electron chi connectivity index (χ1n) is 8.52. The number of hydrogen-bond donors (Lipinski definition) is 2. The number of nitrogens with one attached hydrogen (secondary N) is 2. The Kier molecular flexibility index (Phi) is 5.30. The van der Waals surface area contributed by atoms with Crippen molar-refractivity contribution < 1.29 is 9.59 Å². The molecule has 1 aromatic heterocycles. The minimum absolute atomic E-state index is 0.178. The van der Waals surface area contributed by atoms with Crippen LogP contribution in [-0.4, -0.2) is 27.9 Å². The number of aryl methyl sites for hydroxylation is 2. The fourth-order valence-corrected chi connectivity index (χ4v) is 2.80. The second-order valence-corrected chi connectivity index (χ2v) is 6.29. The summed E-state index contributed by atoms with van der Waals surface area (Å²) in [6, 6.07) is 12.7. The van der Waals surface area contributed by atoms with Gasteiger partial charge in [-0.3, -0.25) is 19.0 Å². The molecule has 0 aliphatic heterocycles. The Morgan fingerprint density at radius 1 is 1.00 bits per heavy atom. The first-order valence-corrected chi connectivity index (χ1v) is 8.52. The van der Waals surface area contributed by atoms with Gasteiger partial charge in [-0.15, -0.1) is 0 Å². The molecule has 0 unspecified atom stereocenters. The van der Waals surface area contributed by atoms with Gasteiger partial charge in [0.1, 0.15) is 6.54 Å². The van der Waals surface area contributed by atoms with E-state index in [2.05, 4.69) is 15.6 Å². The largest absolute Gasteiger partial charge is 0.345 e. The van der Waals surface area contributed by atoms with Crippen molar-refractivity contribution in [1.82, 2.24) is 14.9 Å². The summed E-state index contributed by atoms with van der Waals surface area (Å²) in [7, 11) is 0. The van der Waals surface area contributed by atoms with Crippen LogP contribution in [0.2, 0.25) is 0 Å². The predicted octanol–water partition coefficient (Wildman–Crippen LogP) is 1.77. The number of para-hydroxylation sites is 2. The Labute approximate surface area is 156 Å². The summed E-state index contributed by atoms with van der Waals surface area (Å²) in [5.74, 6) is -0.768. The molecule has 0 aliphatic rings. The first-order chi connectivity index (χ1) is 13.0. The molecular weight excluding hydrogens is 344 g/mol. The van der Waals surface area contributed by atoms with Crippen molar-refractivity contribution in [3.63, 3.8) is 0 Å². The molecule has 3 aromatic rings. The molecule has 0 saturated heterocycles. The van der Waals surface area contributed by atoms with Crippen LogP contribution in [0.1, 0.15) is 11.1 Å². The van der Waals surface area contributed by atoms with Crippen LogP contribution in [0, 0.1) is 13.8 Å². The van der Waals surface area contributed by atoms with Crippen molar-refractivity contribution in [2.75, 3.05) is 11.9 Å². The third-order valence-corrected chi connectivity index (χ3v) is 4.24. The summed E-state index contributed by atoms with van der Waals surface area (Å²) in [5.41, 5.74) is 2.92. The van der Waals surface area contributed by atoms with E-state index in [4.69, 9.17) is 0 Å². The van der Waals surface area contributed by atoms with Crippen LogP contribution < -0.4 is 16.2 Å². The van der Waals surface area contributed by atoms with Gasteiger partial charge in [0.2, 0.25) is 11.8 Å². The third-order valence-electron chi connectivity index (χ3n) is 4.24. The molecular formula is C20H20N4O3. The minimum Gasteiger partial charge on any atom is -0.345 e. The third kappa shape index (κ3) is 4.20. The number of fused-ring (bicyclic) bond motifs is 1. The van der Waals surface area contributed by atoms with Crippen molar-refractivity contribution in [2.45, 2.75) is 20.4 Å². The molecule has 0 fully saturated rings. The van der Waals surface area contributed by atoms with Gasteiger partial charge in [-0.1, -0.05) is 30.3 Å². The van der Waals surface area contributed by atoms with Crippen molar-refractivity contribution in [1.29, 1.82) is 0 Å². The monoisotopic (exact) mass is 364 g/mol. The van der Waals surface area contributed by atoms with Gasteiger partial charge in [-0.25, -0.2) is 4.98 Å². The summed E-state index contributed by atoms with van der Waals surface area (Å²) in [5, 5.41) is 5.77. The fourth-order valence-electron chi connectivity index (χ4n) is 2.80. The molecule has 0 atom stereocenters.